The average molecular weight is 787 g/mol. The predicted octanol–water partition coefficient (Wildman–Crippen LogP) is 15.9. The lowest BCUT2D eigenvalue weighted by atomic mass is 9.96. The summed E-state index contributed by atoms with van der Waals surface area (Å²) in [4.78, 5) is 2.48. The summed E-state index contributed by atoms with van der Waals surface area (Å²) in [5.74, 6) is 0. The lowest BCUT2D eigenvalue weighted by Gasteiger charge is -2.34. The normalized spacial score (nSPS) is 14.8. The molecule has 0 fully saturated rings. The number of rotatable bonds is 8. The van der Waals surface area contributed by atoms with Crippen LogP contribution in [-0.4, -0.2) is 10.6 Å². The zero-order chi connectivity index (χ0) is 40.9. The summed E-state index contributed by atoms with van der Waals surface area (Å²) >= 11 is 0. The molecule has 3 nitrogen and oxygen atoms in total. The molecular weight excluding hydrogens is 741 g/mol. The van der Waals surface area contributed by atoms with E-state index in [-0.39, 0.29) is 6.04 Å². The highest BCUT2D eigenvalue weighted by atomic mass is 16.3. The number of fused-ring (bicyclic) bond motifs is 6. The predicted molar refractivity (Wildman–Crippen MR) is 259 cm³/mol. The Bertz CT molecular complexity index is 3230. The molecule has 2 aliphatic rings. The number of para-hydroxylation sites is 3. The fraction of sp³-hybridized carbons (Fsp3) is 0.103. The van der Waals surface area contributed by atoms with Crippen molar-refractivity contribution in [3.63, 3.8) is 0 Å². The van der Waals surface area contributed by atoms with E-state index < -0.39 is 0 Å². The van der Waals surface area contributed by atoms with Gasteiger partial charge in [-0.3, -0.25) is 0 Å². The van der Waals surface area contributed by atoms with Gasteiger partial charge >= 0.3 is 0 Å². The number of benzene rings is 7. The van der Waals surface area contributed by atoms with Gasteiger partial charge < -0.3 is 13.9 Å². The molecule has 2 aliphatic carbocycles. The molecule has 0 saturated carbocycles. The van der Waals surface area contributed by atoms with Crippen molar-refractivity contribution >= 4 is 56.4 Å². The van der Waals surface area contributed by atoms with Crippen LogP contribution in [0.15, 0.2) is 193 Å². The monoisotopic (exact) mass is 786 g/mol. The number of allylic oxidation sites excluding steroid dienone is 4. The summed E-state index contributed by atoms with van der Waals surface area (Å²) in [6.07, 6.45) is 20.9. The fourth-order valence-corrected chi connectivity index (χ4v) is 9.72. The second-order valence-corrected chi connectivity index (χ2v) is 16.3. The molecule has 0 spiro atoms. The van der Waals surface area contributed by atoms with Crippen LogP contribution in [-0.2, 0) is 6.42 Å². The van der Waals surface area contributed by atoms with Gasteiger partial charge in [0.25, 0.3) is 0 Å². The molecule has 7 aromatic carbocycles. The van der Waals surface area contributed by atoms with Crippen LogP contribution in [0.25, 0.3) is 84.1 Å². The van der Waals surface area contributed by atoms with Crippen LogP contribution >= 0.6 is 0 Å². The van der Waals surface area contributed by atoms with Crippen LogP contribution in [0.4, 0.5) is 11.4 Å². The first-order chi connectivity index (χ1) is 30.1. The van der Waals surface area contributed by atoms with Gasteiger partial charge in [-0.15, -0.1) is 0 Å². The molecule has 1 unspecified atom stereocenters. The fourth-order valence-electron chi connectivity index (χ4n) is 9.72. The molecule has 2 aromatic heterocycles. The average Bonchev–Trinajstić information content (AvgIpc) is 3.87. The quantitative estimate of drug-likeness (QED) is 0.153. The molecule has 0 radical (unpaired) electrons. The van der Waals surface area contributed by atoms with Crippen molar-refractivity contribution in [2.75, 3.05) is 4.90 Å². The van der Waals surface area contributed by atoms with Crippen LogP contribution in [0, 0.1) is 6.92 Å². The summed E-state index contributed by atoms with van der Waals surface area (Å²) in [6.45, 7) is 4.29. The summed E-state index contributed by atoms with van der Waals surface area (Å²) in [7, 11) is 0. The van der Waals surface area contributed by atoms with E-state index in [0.717, 1.165) is 69.1 Å². The van der Waals surface area contributed by atoms with E-state index in [1.807, 2.05) is 0 Å². The van der Waals surface area contributed by atoms with Gasteiger partial charge in [0, 0.05) is 61.2 Å². The lowest BCUT2D eigenvalue weighted by Crippen LogP contribution is -2.30. The summed E-state index contributed by atoms with van der Waals surface area (Å²) in [6, 6.07) is 55.6. The maximum Gasteiger partial charge on any atom is 0.143 e. The number of anilines is 2. The molecule has 9 aromatic rings. The molecule has 294 valence electrons. The van der Waals surface area contributed by atoms with E-state index in [1.165, 1.54) is 55.8 Å². The third kappa shape index (κ3) is 6.36. The van der Waals surface area contributed by atoms with Crippen LogP contribution in [0.5, 0.6) is 0 Å². The minimum Gasteiger partial charge on any atom is -0.455 e. The molecule has 0 bridgehead atoms. The number of furan rings is 1. The Morgan fingerprint density at radius 1 is 0.639 bits per heavy atom. The third-order valence-electron chi connectivity index (χ3n) is 12.6. The first-order valence-electron chi connectivity index (χ1n) is 21.5. The number of aromatic nitrogens is 1. The van der Waals surface area contributed by atoms with E-state index in [9.17, 15) is 0 Å². The first kappa shape index (κ1) is 36.7. The lowest BCUT2D eigenvalue weighted by molar-refractivity contribution is 0.671. The Labute approximate surface area is 357 Å². The van der Waals surface area contributed by atoms with Crippen LogP contribution < -0.4 is 4.90 Å². The summed E-state index contributed by atoms with van der Waals surface area (Å²) in [5, 5.41) is 3.55. The molecule has 0 N–H and O–H groups in total. The van der Waals surface area contributed by atoms with Crippen molar-refractivity contribution in [3.8, 4) is 39.1 Å². The molecule has 1 atom stereocenters. The van der Waals surface area contributed by atoms with Crippen LogP contribution in [0.2, 0.25) is 0 Å². The van der Waals surface area contributed by atoms with Gasteiger partial charge in [0.15, 0.2) is 0 Å². The van der Waals surface area contributed by atoms with Crippen molar-refractivity contribution in [2.45, 2.75) is 39.2 Å². The standard InChI is InChI=1S/C58H46N2O/c1-3-15-47-39(2)16-12-27-54(47)59(44-17-6-4-7-18-44)46-35-32-42(33-36-46)49-23-14-25-52-51-24-13-22-48(57(51)61-58(49)52)41-30-28-40(29-31-41)43-34-37-56-53(38-43)50-21-10-11-26-55(50)60(56)45-19-8-5-9-20-45/h3-10,12-17,19-25,27-38,44H,11,18,26H2,1-2H3. The molecule has 0 saturated heterocycles. The molecule has 11 rings (SSSR count). The zero-order valence-corrected chi connectivity index (χ0v) is 34.6. The van der Waals surface area contributed by atoms with Gasteiger partial charge in [-0.25, -0.2) is 0 Å². The van der Waals surface area contributed by atoms with Crippen LogP contribution in [0.3, 0.4) is 0 Å². The summed E-state index contributed by atoms with van der Waals surface area (Å²) in [5.41, 5.74) is 18.8. The van der Waals surface area contributed by atoms with E-state index in [4.69, 9.17) is 4.42 Å². The Kier molecular flexibility index (Phi) is 9.23. The minimum atomic E-state index is 0.215. The SMILES string of the molecule is CC=Cc1c(C)cccc1N(c1ccc(-c2cccc3c2oc2c(-c4ccc(-c5ccc6c(c5)c5c(n6-c6ccccc6)CCC=C5)cc4)cccc23)cc1)C1C=CC=CC1. The molecule has 3 heteroatoms. The van der Waals surface area contributed by atoms with Gasteiger partial charge in [-0.05, 0) is 103 Å². The topological polar surface area (TPSA) is 21.3 Å². The Morgan fingerprint density at radius 3 is 2.03 bits per heavy atom. The minimum absolute atomic E-state index is 0.215. The second-order valence-electron chi connectivity index (χ2n) is 16.3. The van der Waals surface area contributed by atoms with E-state index in [1.54, 1.807) is 0 Å². The van der Waals surface area contributed by atoms with Gasteiger partial charge in [0.05, 0.1) is 11.6 Å². The van der Waals surface area contributed by atoms with Gasteiger partial charge in [-0.2, -0.15) is 0 Å². The van der Waals surface area contributed by atoms with E-state index in [2.05, 4.69) is 224 Å². The van der Waals surface area contributed by atoms with Crippen molar-refractivity contribution in [1.29, 1.82) is 0 Å². The number of aryl methyl sites for hydroxylation is 1. The van der Waals surface area contributed by atoms with E-state index >= 15 is 0 Å². The Balaban J connectivity index is 0.937. The maximum absolute atomic E-state index is 6.93. The van der Waals surface area contributed by atoms with E-state index in [0.29, 0.717) is 0 Å². The largest absolute Gasteiger partial charge is 0.455 e. The van der Waals surface area contributed by atoms with Crippen LogP contribution in [0.1, 0.15) is 42.1 Å². The van der Waals surface area contributed by atoms with Gasteiger partial charge in [-0.1, -0.05) is 158 Å². The van der Waals surface area contributed by atoms with Gasteiger partial charge in [0.2, 0.25) is 0 Å². The highest BCUT2D eigenvalue weighted by Crippen LogP contribution is 2.42. The van der Waals surface area contributed by atoms with Crippen molar-refractivity contribution < 1.29 is 4.42 Å². The Hall–Kier alpha value is -7.36. The Morgan fingerprint density at radius 2 is 1.33 bits per heavy atom. The number of nitrogens with zero attached hydrogens (tertiary/aromatic N) is 2. The maximum atomic E-state index is 6.93. The third-order valence-corrected chi connectivity index (χ3v) is 12.6. The molecule has 0 amide bonds. The second kappa shape index (κ2) is 15.3. The zero-order valence-electron chi connectivity index (χ0n) is 34.6. The highest BCUT2D eigenvalue weighted by molar-refractivity contribution is 6.13. The first-order valence-corrected chi connectivity index (χ1v) is 21.5. The number of hydrogen-bond donors (Lipinski definition) is 0. The summed E-state index contributed by atoms with van der Waals surface area (Å²) < 4.78 is 9.38. The molecular formula is C58H46N2O. The van der Waals surface area contributed by atoms with Gasteiger partial charge in [0.1, 0.15) is 11.2 Å². The molecule has 61 heavy (non-hydrogen) atoms. The van der Waals surface area contributed by atoms with Crippen molar-refractivity contribution in [1.82, 2.24) is 4.57 Å². The molecule has 0 aliphatic heterocycles. The smallest absolute Gasteiger partial charge is 0.143 e. The molecule has 2 heterocycles. The van der Waals surface area contributed by atoms with Crippen molar-refractivity contribution in [2.24, 2.45) is 0 Å². The number of hydrogen-bond acceptors (Lipinski definition) is 2. The van der Waals surface area contributed by atoms with Crippen molar-refractivity contribution in [3.05, 3.63) is 210 Å². The highest BCUT2D eigenvalue weighted by Gasteiger charge is 2.23.